The Labute approximate surface area is 138 Å². The molecule has 0 aliphatic carbocycles. The van der Waals surface area contributed by atoms with Crippen molar-refractivity contribution in [1.82, 2.24) is 5.32 Å². The van der Waals surface area contributed by atoms with Gasteiger partial charge < -0.3 is 14.8 Å². The second-order valence-electron chi connectivity index (χ2n) is 4.45. The number of methoxy groups -OCH3 is 2. The van der Waals surface area contributed by atoms with Crippen LogP contribution in [0.15, 0.2) is 40.9 Å². The van der Waals surface area contributed by atoms with Crippen LogP contribution in [0.4, 0.5) is 0 Å². The normalized spacial score (nSPS) is 12.0. The molecule has 0 saturated carbocycles. The molecule has 0 fully saturated rings. The molecule has 0 spiro atoms. The van der Waals surface area contributed by atoms with E-state index in [1.807, 2.05) is 37.4 Å². The predicted molar refractivity (Wildman–Crippen MR) is 89.6 cm³/mol. The number of benzene rings is 2. The third-order valence-corrected chi connectivity index (χ3v) is 4.41. The smallest absolute Gasteiger partial charge is 0.146 e. The molecule has 0 aromatic heterocycles. The minimum absolute atomic E-state index is 0.0427. The first kappa shape index (κ1) is 16.1. The van der Waals surface area contributed by atoms with Crippen LogP contribution < -0.4 is 14.8 Å². The van der Waals surface area contributed by atoms with Crippen molar-refractivity contribution in [3.8, 4) is 11.5 Å². The maximum absolute atomic E-state index is 6.35. The fourth-order valence-electron chi connectivity index (χ4n) is 2.33. The van der Waals surface area contributed by atoms with Crippen molar-refractivity contribution in [2.45, 2.75) is 6.04 Å². The summed E-state index contributed by atoms with van der Waals surface area (Å²) in [7, 11) is 5.10. The lowest BCUT2D eigenvalue weighted by Crippen LogP contribution is -2.19. The van der Waals surface area contributed by atoms with Crippen molar-refractivity contribution in [2.75, 3.05) is 21.3 Å². The van der Waals surface area contributed by atoms with Crippen molar-refractivity contribution < 1.29 is 9.47 Å². The summed E-state index contributed by atoms with van der Waals surface area (Å²) in [5.41, 5.74) is 2.07. The molecule has 0 bridgehead atoms. The number of hydrogen-bond donors (Lipinski definition) is 1. The Morgan fingerprint density at radius 2 is 1.76 bits per heavy atom. The molecule has 2 aromatic carbocycles. The topological polar surface area (TPSA) is 30.5 Å². The highest BCUT2D eigenvalue weighted by Gasteiger charge is 2.22. The van der Waals surface area contributed by atoms with Gasteiger partial charge in [0.05, 0.1) is 20.3 Å². The maximum atomic E-state index is 6.35. The fourth-order valence-corrected chi connectivity index (χ4v) is 3.17. The second-order valence-corrected chi connectivity index (χ2v) is 5.68. The Morgan fingerprint density at radius 3 is 2.33 bits per heavy atom. The van der Waals surface area contributed by atoms with E-state index in [-0.39, 0.29) is 6.04 Å². The summed E-state index contributed by atoms with van der Waals surface area (Å²) in [6.07, 6.45) is 0. The Hall–Kier alpha value is -1.23. The molecule has 0 aliphatic rings. The van der Waals surface area contributed by atoms with Gasteiger partial charge in [0.2, 0.25) is 0 Å². The van der Waals surface area contributed by atoms with Crippen LogP contribution in [0.1, 0.15) is 17.2 Å². The SMILES string of the molecule is CNC(c1ccccc1Br)c1ccc(OC)c(Cl)c1OC. The highest BCUT2D eigenvalue weighted by Crippen LogP contribution is 2.41. The third-order valence-electron chi connectivity index (χ3n) is 3.33. The minimum atomic E-state index is -0.0427. The van der Waals surface area contributed by atoms with E-state index in [1.54, 1.807) is 14.2 Å². The van der Waals surface area contributed by atoms with Gasteiger partial charge in [-0.1, -0.05) is 45.7 Å². The van der Waals surface area contributed by atoms with Gasteiger partial charge in [0.25, 0.3) is 0 Å². The Balaban J connectivity index is 2.58. The summed E-state index contributed by atoms with van der Waals surface area (Å²) in [5.74, 6) is 1.21. The van der Waals surface area contributed by atoms with Crippen LogP contribution in [0.2, 0.25) is 5.02 Å². The van der Waals surface area contributed by atoms with Gasteiger partial charge in [-0.15, -0.1) is 0 Å². The average Bonchev–Trinajstić information content (AvgIpc) is 2.50. The fraction of sp³-hybridized carbons (Fsp3) is 0.250. The summed E-state index contributed by atoms with van der Waals surface area (Å²) in [6.45, 7) is 0. The van der Waals surface area contributed by atoms with Crippen LogP contribution in [-0.4, -0.2) is 21.3 Å². The van der Waals surface area contributed by atoms with E-state index in [0.717, 1.165) is 15.6 Å². The largest absolute Gasteiger partial charge is 0.495 e. The van der Waals surface area contributed by atoms with Gasteiger partial charge in [-0.3, -0.25) is 0 Å². The van der Waals surface area contributed by atoms with Gasteiger partial charge in [-0.25, -0.2) is 0 Å². The summed E-state index contributed by atoms with van der Waals surface area (Å²) in [4.78, 5) is 0. The van der Waals surface area contributed by atoms with E-state index in [4.69, 9.17) is 21.1 Å². The van der Waals surface area contributed by atoms with Gasteiger partial charge in [0.1, 0.15) is 16.5 Å². The first-order chi connectivity index (χ1) is 10.1. The maximum Gasteiger partial charge on any atom is 0.146 e. The van der Waals surface area contributed by atoms with Crippen LogP contribution >= 0.6 is 27.5 Å². The second kappa shape index (κ2) is 7.16. The van der Waals surface area contributed by atoms with Crippen molar-refractivity contribution >= 4 is 27.5 Å². The molecule has 1 N–H and O–H groups in total. The van der Waals surface area contributed by atoms with Crippen LogP contribution in [0, 0.1) is 0 Å². The molecular weight excluding hydrogens is 354 g/mol. The summed E-state index contributed by atoms with van der Waals surface area (Å²) in [6, 6.07) is 11.8. The van der Waals surface area contributed by atoms with E-state index >= 15 is 0 Å². The Kier molecular flexibility index (Phi) is 5.51. The predicted octanol–water partition coefficient (Wildman–Crippen LogP) is 4.43. The van der Waals surface area contributed by atoms with Crippen molar-refractivity contribution in [1.29, 1.82) is 0 Å². The number of ether oxygens (including phenoxy) is 2. The molecule has 112 valence electrons. The number of rotatable bonds is 5. The Bertz CT molecular complexity index is 634. The van der Waals surface area contributed by atoms with Crippen LogP contribution in [-0.2, 0) is 0 Å². The molecule has 0 saturated heterocycles. The third kappa shape index (κ3) is 3.18. The van der Waals surface area contributed by atoms with Crippen LogP contribution in [0.5, 0.6) is 11.5 Å². The van der Waals surface area contributed by atoms with Crippen molar-refractivity contribution in [2.24, 2.45) is 0 Å². The molecule has 5 heteroatoms. The lowest BCUT2D eigenvalue weighted by atomic mass is 9.97. The lowest BCUT2D eigenvalue weighted by molar-refractivity contribution is 0.388. The van der Waals surface area contributed by atoms with Crippen LogP contribution in [0.3, 0.4) is 0 Å². The Morgan fingerprint density at radius 1 is 1.05 bits per heavy atom. The zero-order valence-corrected chi connectivity index (χ0v) is 14.5. The molecule has 2 rings (SSSR count). The molecule has 1 atom stereocenters. The van der Waals surface area contributed by atoms with Gasteiger partial charge >= 0.3 is 0 Å². The number of halogens is 2. The van der Waals surface area contributed by atoms with E-state index in [0.29, 0.717) is 16.5 Å². The van der Waals surface area contributed by atoms with E-state index in [1.165, 1.54) is 0 Å². The molecule has 0 radical (unpaired) electrons. The summed E-state index contributed by atoms with van der Waals surface area (Å²) >= 11 is 9.94. The van der Waals surface area contributed by atoms with Gasteiger partial charge in [0.15, 0.2) is 0 Å². The summed E-state index contributed by atoms with van der Waals surface area (Å²) in [5, 5.41) is 3.78. The standard InChI is InChI=1S/C16H17BrClNO2/c1-19-15(10-6-4-5-7-12(10)17)11-8-9-13(20-2)14(18)16(11)21-3/h4-9,15,19H,1-3H3. The van der Waals surface area contributed by atoms with Gasteiger partial charge in [-0.2, -0.15) is 0 Å². The van der Waals surface area contributed by atoms with Crippen LogP contribution in [0.25, 0.3) is 0 Å². The molecular formula is C16H17BrClNO2. The molecule has 0 heterocycles. The lowest BCUT2D eigenvalue weighted by Gasteiger charge is -2.22. The molecule has 1 unspecified atom stereocenters. The molecule has 0 aliphatic heterocycles. The molecule has 3 nitrogen and oxygen atoms in total. The van der Waals surface area contributed by atoms with E-state index in [9.17, 15) is 0 Å². The zero-order chi connectivity index (χ0) is 15.4. The van der Waals surface area contributed by atoms with Crippen molar-refractivity contribution in [3.05, 3.63) is 57.0 Å². The first-order valence-corrected chi connectivity index (χ1v) is 7.63. The molecule has 21 heavy (non-hydrogen) atoms. The van der Waals surface area contributed by atoms with Crippen molar-refractivity contribution in [3.63, 3.8) is 0 Å². The highest BCUT2D eigenvalue weighted by molar-refractivity contribution is 9.10. The summed E-state index contributed by atoms with van der Waals surface area (Å²) < 4.78 is 11.8. The zero-order valence-electron chi connectivity index (χ0n) is 12.1. The number of nitrogens with one attached hydrogen (secondary N) is 1. The first-order valence-electron chi connectivity index (χ1n) is 6.46. The highest BCUT2D eigenvalue weighted by atomic mass is 79.9. The quantitative estimate of drug-likeness (QED) is 0.844. The number of hydrogen-bond acceptors (Lipinski definition) is 3. The molecule has 2 aromatic rings. The van der Waals surface area contributed by atoms with E-state index in [2.05, 4.69) is 27.3 Å². The monoisotopic (exact) mass is 369 g/mol. The van der Waals surface area contributed by atoms with Gasteiger partial charge in [-0.05, 0) is 30.8 Å². The van der Waals surface area contributed by atoms with Gasteiger partial charge in [0, 0.05) is 10.0 Å². The van der Waals surface area contributed by atoms with E-state index < -0.39 is 0 Å². The molecule has 0 amide bonds. The average molecular weight is 371 g/mol. The minimum Gasteiger partial charge on any atom is -0.495 e.